The highest BCUT2D eigenvalue weighted by Crippen LogP contribution is 2.31. The lowest BCUT2D eigenvalue weighted by Gasteiger charge is -2.31. The van der Waals surface area contributed by atoms with E-state index in [9.17, 15) is 14.4 Å². The second-order valence-corrected chi connectivity index (χ2v) is 15.3. The third kappa shape index (κ3) is 11.3. The molecule has 0 aliphatic carbocycles. The molecule has 0 spiro atoms. The van der Waals surface area contributed by atoms with E-state index < -0.39 is 11.7 Å². The van der Waals surface area contributed by atoms with Crippen LogP contribution >= 0.6 is 23.1 Å². The quantitative estimate of drug-likeness (QED) is 0.172. The first-order chi connectivity index (χ1) is 23.5. The third-order valence-corrected chi connectivity index (χ3v) is 9.82. The minimum Gasteiger partial charge on any atom is -0.444 e. The number of likely N-dealkylation sites (tertiary alicyclic amines) is 2. The number of carbonyl (C=O) groups excluding carboxylic acids is 3. The van der Waals surface area contributed by atoms with Crippen molar-refractivity contribution in [1.29, 1.82) is 0 Å². The van der Waals surface area contributed by atoms with Crippen LogP contribution < -0.4 is 11.1 Å². The summed E-state index contributed by atoms with van der Waals surface area (Å²) in [7, 11) is 0. The minimum absolute atomic E-state index is 0.145. The van der Waals surface area contributed by atoms with E-state index in [0.717, 1.165) is 79.4 Å². The second-order valence-electron chi connectivity index (χ2n) is 13.6. The van der Waals surface area contributed by atoms with Crippen molar-refractivity contribution in [3.63, 3.8) is 0 Å². The molecule has 10 nitrogen and oxygen atoms in total. The summed E-state index contributed by atoms with van der Waals surface area (Å²) in [5.74, 6) is 1.000. The van der Waals surface area contributed by atoms with Crippen molar-refractivity contribution in [3.05, 3.63) is 95.3 Å². The van der Waals surface area contributed by atoms with Gasteiger partial charge in [-0.15, -0.1) is 0 Å². The van der Waals surface area contributed by atoms with Gasteiger partial charge in [-0.1, -0.05) is 60.7 Å². The third-order valence-electron chi connectivity index (χ3n) is 8.47. The zero-order valence-corrected chi connectivity index (χ0v) is 30.1. The number of ether oxygens (including phenoxy) is 1. The molecule has 2 saturated heterocycles. The highest BCUT2D eigenvalue weighted by atomic mass is 32.1. The van der Waals surface area contributed by atoms with Crippen LogP contribution in [-0.2, 0) is 4.74 Å². The van der Waals surface area contributed by atoms with Crippen LogP contribution in [0.15, 0.2) is 72.8 Å². The average Bonchev–Trinajstić information content (AvgIpc) is 3.74. The summed E-state index contributed by atoms with van der Waals surface area (Å²) in [6.45, 7) is 9.99. The molecule has 260 valence electrons. The lowest BCUT2D eigenvalue weighted by atomic mass is 9.94. The zero-order valence-electron chi connectivity index (χ0n) is 28.5. The van der Waals surface area contributed by atoms with Crippen molar-refractivity contribution in [2.75, 3.05) is 50.3 Å². The van der Waals surface area contributed by atoms with Gasteiger partial charge in [0.25, 0.3) is 0 Å². The van der Waals surface area contributed by atoms with Crippen molar-refractivity contribution < 1.29 is 19.1 Å². The maximum Gasteiger partial charge on any atom is 0.412 e. The number of Topliss-reactive ketones (excluding diaryl/α,β-unsaturated/α-hetero) is 2. The maximum absolute atomic E-state index is 12.5. The number of carbonyl (C=O) groups is 3. The van der Waals surface area contributed by atoms with Gasteiger partial charge in [-0.05, 0) is 94.7 Å². The predicted molar refractivity (Wildman–Crippen MR) is 197 cm³/mol. The molecule has 4 heterocycles. The normalized spacial score (nSPS) is 18.6. The number of piperidine rings is 2. The molecular weight excluding hydrogens is 657 g/mol. The highest BCUT2D eigenvalue weighted by molar-refractivity contribution is 7.10. The average molecular weight is 703 g/mol. The van der Waals surface area contributed by atoms with Crippen LogP contribution in [-0.4, -0.2) is 81.1 Å². The fraction of sp³-hybridized carbons (Fsp3) is 0.432. The molecule has 12 heteroatoms. The number of amides is 1. The van der Waals surface area contributed by atoms with E-state index in [-0.39, 0.29) is 17.5 Å². The van der Waals surface area contributed by atoms with Gasteiger partial charge in [0.15, 0.2) is 11.6 Å². The van der Waals surface area contributed by atoms with Gasteiger partial charge in [0.2, 0.25) is 0 Å². The summed E-state index contributed by atoms with van der Waals surface area (Å²) >= 11 is 2.61. The van der Waals surface area contributed by atoms with E-state index in [1.54, 1.807) is 0 Å². The van der Waals surface area contributed by atoms with Crippen molar-refractivity contribution >= 4 is 50.7 Å². The summed E-state index contributed by atoms with van der Waals surface area (Å²) in [4.78, 5) is 41.1. The van der Waals surface area contributed by atoms with E-state index >= 15 is 0 Å². The Kier molecular flexibility index (Phi) is 12.7. The molecule has 2 fully saturated rings. The first-order valence-electron chi connectivity index (χ1n) is 16.8. The van der Waals surface area contributed by atoms with E-state index in [0.29, 0.717) is 24.0 Å². The smallest absolute Gasteiger partial charge is 0.412 e. The summed E-state index contributed by atoms with van der Waals surface area (Å²) < 4.78 is 14.2. The van der Waals surface area contributed by atoms with E-state index in [4.69, 9.17) is 10.5 Å². The van der Waals surface area contributed by atoms with Crippen LogP contribution in [0.1, 0.15) is 90.4 Å². The molecule has 2 aromatic carbocycles. The Balaban J connectivity index is 0.000000199. The summed E-state index contributed by atoms with van der Waals surface area (Å²) in [5, 5.41) is 4.20. The number of nitrogens with two attached hydrogens (primary N) is 1. The second kappa shape index (κ2) is 17.1. The zero-order chi connectivity index (χ0) is 34.8. The summed E-state index contributed by atoms with van der Waals surface area (Å²) in [5.41, 5.74) is 8.82. The topological polar surface area (TPSA) is 131 Å². The van der Waals surface area contributed by atoms with Crippen LogP contribution in [0.5, 0.6) is 0 Å². The Morgan fingerprint density at radius 3 is 1.76 bits per heavy atom. The number of hydrogen-bond donors (Lipinski definition) is 2. The van der Waals surface area contributed by atoms with Crippen LogP contribution in [0.4, 0.5) is 14.8 Å². The summed E-state index contributed by atoms with van der Waals surface area (Å²) in [6.07, 6.45) is 3.81. The highest BCUT2D eigenvalue weighted by Gasteiger charge is 2.27. The van der Waals surface area contributed by atoms with Gasteiger partial charge in [0, 0.05) is 36.1 Å². The Bertz CT molecular complexity index is 1670. The maximum atomic E-state index is 12.5. The lowest BCUT2D eigenvalue weighted by Crippen LogP contribution is -2.38. The van der Waals surface area contributed by atoms with Crippen molar-refractivity contribution in [1.82, 2.24) is 18.5 Å². The molecule has 49 heavy (non-hydrogen) atoms. The number of nitrogen functional groups attached to an aromatic ring is 1. The molecule has 6 rings (SSSR count). The SMILES string of the molecule is CC(C)(C)OC(=O)Nc1cc(C2CCCN(CC(=O)c3ccccc3)C2)ns1.Nc1cc(C2CCCN(CC(=O)c3ccccc3)C2)ns1. The molecule has 2 aliphatic rings. The van der Waals surface area contributed by atoms with Gasteiger partial charge in [-0.2, -0.15) is 8.75 Å². The lowest BCUT2D eigenvalue weighted by molar-refractivity contribution is 0.0636. The van der Waals surface area contributed by atoms with Gasteiger partial charge in [-0.25, -0.2) is 4.79 Å². The molecule has 0 radical (unpaired) electrons. The number of rotatable bonds is 9. The monoisotopic (exact) mass is 702 g/mol. The number of nitrogens with zero attached hydrogens (tertiary/aromatic N) is 4. The number of benzene rings is 2. The Labute approximate surface area is 297 Å². The van der Waals surface area contributed by atoms with E-state index in [1.807, 2.05) is 93.6 Å². The van der Waals surface area contributed by atoms with Gasteiger partial charge in [-0.3, -0.25) is 24.7 Å². The van der Waals surface area contributed by atoms with Crippen molar-refractivity contribution in [2.24, 2.45) is 0 Å². The number of aromatic nitrogens is 2. The van der Waals surface area contributed by atoms with Gasteiger partial charge in [0.1, 0.15) is 15.6 Å². The van der Waals surface area contributed by atoms with Crippen LogP contribution in [0.2, 0.25) is 0 Å². The van der Waals surface area contributed by atoms with Crippen LogP contribution in [0.25, 0.3) is 0 Å². The minimum atomic E-state index is -0.535. The molecule has 0 bridgehead atoms. The molecular formula is C37H46N6O4S2. The number of ketones is 2. The van der Waals surface area contributed by atoms with E-state index in [1.165, 1.54) is 23.1 Å². The molecule has 2 unspecified atom stereocenters. The van der Waals surface area contributed by atoms with Gasteiger partial charge in [0.05, 0.1) is 24.5 Å². The molecule has 3 N–H and O–H groups in total. The first kappa shape index (κ1) is 36.3. The Hall–Kier alpha value is -3.97. The number of anilines is 2. The Morgan fingerprint density at radius 1 is 0.796 bits per heavy atom. The fourth-order valence-corrected chi connectivity index (χ4v) is 7.45. The first-order valence-corrected chi connectivity index (χ1v) is 18.4. The largest absolute Gasteiger partial charge is 0.444 e. The van der Waals surface area contributed by atoms with Crippen molar-refractivity contribution in [2.45, 2.75) is 63.9 Å². The Morgan fingerprint density at radius 2 is 1.29 bits per heavy atom. The van der Waals surface area contributed by atoms with Gasteiger partial charge < -0.3 is 10.5 Å². The molecule has 2 aliphatic heterocycles. The van der Waals surface area contributed by atoms with Crippen LogP contribution in [0, 0.1) is 0 Å². The summed E-state index contributed by atoms with van der Waals surface area (Å²) in [6, 6.07) is 22.8. The molecule has 1 amide bonds. The predicted octanol–water partition coefficient (Wildman–Crippen LogP) is 7.34. The molecule has 4 aromatic rings. The molecule has 0 saturated carbocycles. The van der Waals surface area contributed by atoms with E-state index in [2.05, 4.69) is 23.9 Å². The molecule has 2 aromatic heterocycles. The number of hydrogen-bond acceptors (Lipinski definition) is 11. The van der Waals surface area contributed by atoms with Crippen LogP contribution in [0.3, 0.4) is 0 Å². The van der Waals surface area contributed by atoms with Gasteiger partial charge >= 0.3 is 6.09 Å². The standard InChI is InChI=1S/C21H27N3O3S.C16H19N3OS/c1-21(2,3)27-20(26)22-19-12-17(23-28-19)16-10-7-11-24(13-16)14-18(25)15-8-5-4-6-9-15;17-16-9-14(18-21-16)13-7-4-8-19(10-13)11-15(20)12-5-2-1-3-6-12/h4-6,8-9,12,16H,7,10-11,13-14H2,1-3H3,(H,22,26);1-3,5-6,9,13H,4,7-8,10-11,17H2. The molecule has 2 atom stereocenters. The fourth-order valence-electron chi connectivity index (χ4n) is 6.16. The number of nitrogens with one attached hydrogen (secondary N) is 1. The van der Waals surface area contributed by atoms with Crippen molar-refractivity contribution in [3.8, 4) is 0 Å².